The minimum atomic E-state index is -4.59. The number of ether oxygens (including phenoxy) is 1. The van der Waals surface area contributed by atoms with Crippen molar-refractivity contribution in [1.82, 2.24) is 24.9 Å². The zero-order chi connectivity index (χ0) is 24.2. The molecule has 0 aromatic carbocycles. The fraction of sp³-hybridized carbons (Fsp3) is 0.333. The first-order chi connectivity index (χ1) is 15.4. The molecule has 0 aliphatic rings. The first-order valence-corrected chi connectivity index (χ1v) is 9.80. The van der Waals surface area contributed by atoms with Gasteiger partial charge in [-0.1, -0.05) is 6.07 Å². The molecule has 0 fully saturated rings. The third-order valence-corrected chi connectivity index (χ3v) is 4.02. The summed E-state index contributed by atoms with van der Waals surface area (Å²) in [6, 6.07) is 7.22. The van der Waals surface area contributed by atoms with Crippen LogP contribution < -0.4 is 10.6 Å². The Hall–Kier alpha value is -3.83. The topological polar surface area (TPSA) is 115 Å². The van der Waals surface area contributed by atoms with Crippen LogP contribution in [0.5, 0.6) is 0 Å². The van der Waals surface area contributed by atoms with Crippen molar-refractivity contribution in [3.8, 4) is 11.5 Å². The summed E-state index contributed by atoms with van der Waals surface area (Å²) >= 11 is 0. The largest absolute Gasteiger partial charge is 0.469 e. The molecule has 0 bridgehead atoms. The van der Waals surface area contributed by atoms with Gasteiger partial charge in [-0.25, -0.2) is 4.98 Å². The average molecular weight is 461 g/mol. The minimum Gasteiger partial charge on any atom is -0.469 e. The summed E-state index contributed by atoms with van der Waals surface area (Å²) < 4.78 is 43.7. The van der Waals surface area contributed by atoms with Gasteiger partial charge in [0.15, 0.2) is 5.82 Å². The molecule has 0 spiro atoms. The molecule has 2 N–H and O–H groups in total. The van der Waals surface area contributed by atoms with Gasteiger partial charge in [0.25, 0.3) is 0 Å². The minimum absolute atomic E-state index is 0.00578. The summed E-state index contributed by atoms with van der Waals surface area (Å²) in [5.74, 6) is -0.0894. The number of nitrogens with zero attached hydrogens (tertiary/aromatic N) is 5. The van der Waals surface area contributed by atoms with E-state index in [0.717, 1.165) is 12.3 Å². The molecule has 0 atom stereocenters. The van der Waals surface area contributed by atoms with Crippen LogP contribution in [0.1, 0.15) is 32.2 Å². The van der Waals surface area contributed by atoms with Crippen molar-refractivity contribution < 1.29 is 22.7 Å². The number of carbonyl (C=O) groups excluding carboxylic acids is 1. The number of pyridine rings is 2. The summed E-state index contributed by atoms with van der Waals surface area (Å²) in [6.07, 6.45) is -3.59. The number of nitrogens with one attached hydrogen (secondary N) is 2. The number of alkyl halides is 3. The molecule has 3 aromatic heterocycles. The molecule has 0 amide bonds. The maximum absolute atomic E-state index is 13.0. The van der Waals surface area contributed by atoms with Crippen molar-refractivity contribution >= 4 is 23.6 Å². The molecular formula is C21H22F3N7O2. The first kappa shape index (κ1) is 23.8. The Morgan fingerprint density at radius 3 is 2.42 bits per heavy atom. The fourth-order valence-electron chi connectivity index (χ4n) is 2.65. The molecule has 3 heterocycles. The van der Waals surface area contributed by atoms with E-state index in [1.807, 2.05) is 20.8 Å². The third-order valence-electron chi connectivity index (χ3n) is 4.02. The maximum atomic E-state index is 13.0. The van der Waals surface area contributed by atoms with E-state index in [4.69, 9.17) is 0 Å². The molecule has 0 saturated carbocycles. The summed E-state index contributed by atoms with van der Waals surface area (Å²) in [7, 11) is 1.28. The second kappa shape index (κ2) is 9.35. The van der Waals surface area contributed by atoms with Crippen LogP contribution in [0.4, 0.5) is 30.8 Å². The smallest absolute Gasteiger partial charge is 0.433 e. The molecular weight excluding hydrogens is 439 g/mol. The SMILES string of the molecule is COC(=O)Cc1cccc(-c2nc(Nc3ccnc(C(F)(F)F)c3)nc(NC(C)(C)C)n2)n1. The van der Waals surface area contributed by atoms with Crippen LogP contribution in [0.3, 0.4) is 0 Å². The number of carbonyl (C=O) groups is 1. The van der Waals surface area contributed by atoms with Gasteiger partial charge in [-0.2, -0.15) is 28.1 Å². The monoisotopic (exact) mass is 461 g/mol. The zero-order valence-electron chi connectivity index (χ0n) is 18.4. The van der Waals surface area contributed by atoms with E-state index < -0.39 is 23.4 Å². The standard InChI is InChI=1S/C21H22F3N7O2/c1-20(2,3)31-19-29-17(14-7-5-6-12(26-14)11-16(32)33-4)28-18(30-19)27-13-8-9-25-15(10-13)21(22,23)24/h5-10H,11H2,1-4H3,(H2,25,27,28,29,30,31). The van der Waals surface area contributed by atoms with E-state index in [9.17, 15) is 18.0 Å². The van der Waals surface area contributed by atoms with Gasteiger partial charge in [-0.15, -0.1) is 0 Å². The van der Waals surface area contributed by atoms with E-state index in [2.05, 4.69) is 40.3 Å². The number of rotatable bonds is 6. The Labute approximate surface area is 187 Å². The Balaban J connectivity index is 2.00. The third kappa shape index (κ3) is 6.82. The van der Waals surface area contributed by atoms with Crippen LogP contribution in [0.25, 0.3) is 11.5 Å². The molecule has 0 radical (unpaired) electrons. The highest BCUT2D eigenvalue weighted by Gasteiger charge is 2.32. The lowest BCUT2D eigenvalue weighted by Gasteiger charge is -2.21. The number of anilines is 3. The lowest BCUT2D eigenvalue weighted by atomic mass is 10.1. The van der Waals surface area contributed by atoms with Crippen LogP contribution in [0, 0.1) is 0 Å². The summed E-state index contributed by atoms with van der Waals surface area (Å²) in [5, 5.41) is 5.88. The number of halogens is 3. The van der Waals surface area contributed by atoms with E-state index in [1.54, 1.807) is 18.2 Å². The van der Waals surface area contributed by atoms with Crippen LogP contribution >= 0.6 is 0 Å². The van der Waals surface area contributed by atoms with E-state index in [1.165, 1.54) is 13.2 Å². The molecule has 12 heteroatoms. The molecule has 9 nitrogen and oxygen atoms in total. The number of esters is 1. The van der Waals surface area contributed by atoms with Crippen LogP contribution in [-0.2, 0) is 22.1 Å². The Kier molecular flexibility index (Phi) is 6.75. The van der Waals surface area contributed by atoms with Gasteiger partial charge in [0.05, 0.1) is 19.2 Å². The molecule has 0 aliphatic heterocycles. The molecule has 3 aromatic rings. The zero-order valence-corrected chi connectivity index (χ0v) is 18.4. The predicted octanol–water partition coefficient (Wildman–Crippen LogP) is 4.02. The fourth-order valence-corrected chi connectivity index (χ4v) is 2.65. The maximum Gasteiger partial charge on any atom is 0.433 e. The van der Waals surface area contributed by atoms with E-state index >= 15 is 0 Å². The summed E-state index contributed by atoms with van der Waals surface area (Å²) in [6.45, 7) is 5.70. The lowest BCUT2D eigenvalue weighted by molar-refractivity contribution is -0.141. The van der Waals surface area contributed by atoms with Crippen molar-refractivity contribution in [3.63, 3.8) is 0 Å². The Bertz CT molecular complexity index is 1150. The summed E-state index contributed by atoms with van der Waals surface area (Å²) in [5.41, 5.74) is -0.556. The highest BCUT2D eigenvalue weighted by molar-refractivity contribution is 5.72. The van der Waals surface area contributed by atoms with Crippen molar-refractivity contribution in [2.24, 2.45) is 0 Å². The Morgan fingerprint density at radius 2 is 1.76 bits per heavy atom. The second-order valence-electron chi connectivity index (χ2n) is 8.00. The van der Waals surface area contributed by atoms with Gasteiger partial charge in [-0.3, -0.25) is 9.78 Å². The quantitative estimate of drug-likeness (QED) is 0.525. The average Bonchev–Trinajstić information content (AvgIpc) is 2.72. The van der Waals surface area contributed by atoms with Gasteiger partial charge >= 0.3 is 12.1 Å². The molecule has 0 saturated heterocycles. The van der Waals surface area contributed by atoms with Gasteiger partial charge in [0.2, 0.25) is 11.9 Å². The molecule has 33 heavy (non-hydrogen) atoms. The lowest BCUT2D eigenvalue weighted by Crippen LogP contribution is -2.27. The van der Waals surface area contributed by atoms with Crippen LogP contribution in [0.15, 0.2) is 36.5 Å². The van der Waals surface area contributed by atoms with Gasteiger partial charge in [0.1, 0.15) is 11.4 Å². The predicted molar refractivity (Wildman–Crippen MR) is 115 cm³/mol. The van der Waals surface area contributed by atoms with Crippen molar-refractivity contribution in [2.45, 2.75) is 38.9 Å². The van der Waals surface area contributed by atoms with Crippen molar-refractivity contribution in [3.05, 3.63) is 47.9 Å². The molecule has 174 valence electrons. The second-order valence-corrected chi connectivity index (χ2v) is 8.00. The van der Waals surface area contributed by atoms with E-state index in [-0.39, 0.29) is 29.8 Å². The number of hydrogen-bond acceptors (Lipinski definition) is 9. The van der Waals surface area contributed by atoms with Gasteiger partial charge in [0, 0.05) is 17.4 Å². The van der Waals surface area contributed by atoms with Crippen LogP contribution in [0.2, 0.25) is 0 Å². The molecule has 0 unspecified atom stereocenters. The molecule has 0 aliphatic carbocycles. The highest BCUT2D eigenvalue weighted by atomic mass is 19.4. The normalized spacial score (nSPS) is 11.7. The Morgan fingerprint density at radius 1 is 1.03 bits per heavy atom. The number of methoxy groups -OCH3 is 1. The molecule has 3 rings (SSSR count). The van der Waals surface area contributed by atoms with Crippen molar-refractivity contribution in [2.75, 3.05) is 17.7 Å². The van der Waals surface area contributed by atoms with Crippen molar-refractivity contribution in [1.29, 1.82) is 0 Å². The summed E-state index contributed by atoms with van der Waals surface area (Å²) in [4.78, 5) is 32.3. The number of hydrogen-bond donors (Lipinski definition) is 2. The van der Waals surface area contributed by atoms with Crippen LogP contribution in [-0.4, -0.2) is 43.5 Å². The van der Waals surface area contributed by atoms with Gasteiger partial charge < -0.3 is 15.4 Å². The first-order valence-electron chi connectivity index (χ1n) is 9.80. The van der Waals surface area contributed by atoms with Gasteiger partial charge in [-0.05, 0) is 45.0 Å². The van der Waals surface area contributed by atoms with E-state index in [0.29, 0.717) is 11.4 Å². The highest BCUT2D eigenvalue weighted by Crippen LogP contribution is 2.29. The number of aromatic nitrogens is 5.